The molecule has 1 aromatic carbocycles. The Labute approximate surface area is 131 Å². The first-order chi connectivity index (χ1) is 10.1. The van der Waals surface area contributed by atoms with E-state index in [1.165, 1.54) is 0 Å². The summed E-state index contributed by atoms with van der Waals surface area (Å²) in [5, 5.41) is 14.6. The quantitative estimate of drug-likeness (QED) is 0.896. The Morgan fingerprint density at radius 1 is 1.10 bits per heavy atom. The first kappa shape index (κ1) is 14.1. The summed E-state index contributed by atoms with van der Waals surface area (Å²) in [4.78, 5) is 11.6. The van der Waals surface area contributed by atoms with Gasteiger partial charge in [-0.2, -0.15) is 0 Å². The molecule has 1 aliphatic carbocycles. The van der Waals surface area contributed by atoms with Crippen molar-refractivity contribution in [2.45, 2.75) is 12.8 Å². The number of benzene rings is 1. The third-order valence-electron chi connectivity index (χ3n) is 3.08. The molecule has 21 heavy (non-hydrogen) atoms. The van der Waals surface area contributed by atoms with Gasteiger partial charge in [-0.3, -0.25) is 4.79 Å². The van der Waals surface area contributed by atoms with E-state index < -0.39 is 0 Å². The number of amides is 1. The van der Waals surface area contributed by atoms with Crippen molar-refractivity contribution < 1.29 is 4.79 Å². The molecular weight excluding hydrogens is 311 g/mol. The number of hydrogen-bond donors (Lipinski definition) is 2. The summed E-state index contributed by atoms with van der Waals surface area (Å²) < 4.78 is 0. The fraction of sp³-hybridized carbons (Fsp3) is 0.214. The molecule has 1 aliphatic rings. The van der Waals surface area contributed by atoms with E-state index in [4.69, 9.17) is 23.2 Å². The normalized spacial score (nSPS) is 13.8. The number of nitrogens with zero attached hydrogens (tertiary/aromatic N) is 2. The summed E-state index contributed by atoms with van der Waals surface area (Å²) in [6, 6.07) is 8.69. The van der Waals surface area contributed by atoms with Gasteiger partial charge in [0.15, 0.2) is 11.6 Å². The molecule has 1 amide bonds. The zero-order valence-corrected chi connectivity index (χ0v) is 12.4. The van der Waals surface area contributed by atoms with Gasteiger partial charge in [0.1, 0.15) is 0 Å². The van der Waals surface area contributed by atoms with Crippen molar-refractivity contribution in [2.75, 3.05) is 10.6 Å². The Balaban J connectivity index is 1.69. The van der Waals surface area contributed by atoms with Gasteiger partial charge in [-0.15, -0.1) is 10.2 Å². The van der Waals surface area contributed by atoms with Crippen molar-refractivity contribution in [3.8, 4) is 0 Å². The van der Waals surface area contributed by atoms with Crippen LogP contribution < -0.4 is 10.6 Å². The number of rotatable bonds is 4. The molecule has 0 radical (unpaired) electrons. The highest BCUT2D eigenvalue weighted by molar-refractivity contribution is 6.43. The second kappa shape index (κ2) is 5.87. The fourth-order valence-electron chi connectivity index (χ4n) is 1.78. The minimum absolute atomic E-state index is 0.00268. The van der Waals surface area contributed by atoms with Gasteiger partial charge in [0.05, 0.1) is 15.7 Å². The molecule has 0 spiro atoms. The molecule has 1 saturated carbocycles. The minimum atomic E-state index is 0.00268. The van der Waals surface area contributed by atoms with Gasteiger partial charge < -0.3 is 10.6 Å². The van der Waals surface area contributed by atoms with Crippen LogP contribution in [0.4, 0.5) is 17.3 Å². The third-order valence-corrected chi connectivity index (χ3v) is 3.90. The van der Waals surface area contributed by atoms with Gasteiger partial charge in [-0.05, 0) is 37.1 Å². The number of carbonyl (C=O) groups excluding carboxylic acids is 1. The summed E-state index contributed by atoms with van der Waals surface area (Å²) >= 11 is 12.0. The lowest BCUT2D eigenvalue weighted by Gasteiger charge is -2.08. The minimum Gasteiger partial charge on any atom is -0.337 e. The zero-order chi connectivity index (χ0) is 14.8. The average molecular weight is 323 g/mol. The molecule has 1 fully saturated rings. The predicted octanol–water partition coefficient (Wildman–Crippen LogP) is 3.88. The molecule has 2 aromatic rings. The molecule has 0 unspecified atom stereocenters. The first-order valence-electron chi connectivity index (χ1n) is 6.49. The molecule has 0 saturated heterocycles. The van der Waals surface area contributed by atoms with Gasteiger partial charge in [0, 0.05) is 5.92 Å². The summed E-state index contributed by atoms with van der Waals surface area (Å²) in [5.74, 6) is 1.09. The summed E-state index contributed by atoms with van der Waals surface area (Å²) in [6.45, 7) is 0. The Hall–Kier alpha value is -1.85. The average Bonchev–Trinajstić information content (AvgIpc) is 3.30. The summed E-state index contributed by atoms with van der Waals surface area (Å²) in [6.07, 6.45) is 1.90. The van der Waals surface area contributed by atoms with Crippen LogP contribution in [0.2, 0.25) is 10.0 Å². The third kappa shape index (κ3) is 3.43. The van der Waals surface area contributed by atoms with Crippen LogP contribution in [0.1, 0.15) is 12.8 Å². The monoisotopic (exact) mass is 322 g/mol. The summed E-state index contributed by atoms with van der Waals surface area (Å²) in [5.41, 5.74) is 0.647. The fourth-order valence-corrected chi connectivity index (χ4v) is 2.13. The molecule has 0 bridgehead atoms. The van der Waals surface area contributed by atoms with Gasteiger partial charge in [0.25, 0.3) is 0 Å². The van der Waals surface area contributed by atoms with E-state index in [-0.39, 0.29) is 11.8 Å². The van der Waals surface area contributed by atoms with Crippen molar-refractivity contribution in [3.63, 3.8) is 0 Å². The van der Waals surface area contributed by atoms with E-state index in [2.05, 4.69) is 20.8 Å². The standard InChI is InChI=1S/C14H12Cl2N4O/c15-9-2-1-3-10(13(9)16)17-11-6-7-12(20-19-11)18-14(21)8-4-5-8/h1-3,6-8H,4-5H2,(H,17,19)(H,18,20,21). The number of anilines is 3. The van der Waals surface area contributed by atoms with Crippen molar-refractivity contribution >= 4 is 46.4 Å². The van der Waals surface area contributed by atoms with Crippen LogP contribution in [-0.4, -0.2) is 16.1 Å². The molecule has 5 nitrogen and oxygen atoms in total. The van der Waals surface area contributed by atoms with Gasteiger partial charge >= 0.3 is 0 Å². The Morgan fingerprint density at radius 2 is 1.81 bits per heavy atom. The molecule has 1 aromatic heterocycles. The van der Waals surface area contributed by atoms with Crippen molar-refractivity contribution in [2.24, 2.45) is 5.92 Å². The van der Waals surface area contributed by atoms with Crippen LogP contribution in [0.25, 0.3) is 0 Å². The van der Waals surface area contributed by atoms with Crippen molar-refractivity contribution in [1.82, 2.24) is 10.2 Å². The lowest BCUT2D eigenvalue weighted by atomic mass is 10.3. The molecule has 2 N–H and O–H groups in total. The lowest BCUT2D eigenvalue weighted by Crippen LogP contribution is -2.14. The van der Waals surface area contributed by atoms with E-state index in [0.717, 1.165) is 12.8 Å². The highest BCUT2D eigenvalue weighted by atomic mass is 35.5. The smallest absolute Gasteiger partial charge is 0.228 e. The van der Waals surface area contributed by atoms with Crippen molar-refractivity contribution in [1.29, 1.82) is 0 Å². The second-order valence-electron chi connectivity index (χ2n) is 4.79. The van der Waals surface area contributed by atoms with E-state index in [1.807, 2.05) is 0 Å². The number of carbonyl (C=O) groups is 1. The number of nitrogens with one attached hydrogen (secondary N) is 2. The van der Waals surface area contributed by atoms with E-state index in [1.54, 1.807) is 30.3 Å². The molecule has 7 heteroatoms. The number of aromatic nitrogens is 2. The van der Waals surface area contributed by atoms with Crippen LogP contribution in [0.5, 0.6) is 0 Å². The Morgan fingerprint density at radius 3 is 2.48 bits per heavy atom. The predicted molar refractivity (Wildman–Crippen MR) is 83.1 cm³/mol. The van der Waals surface area contributed by atoms with Gasteiger partial charge in [-0.25, -0.2) is 0 Å². The second-order valence-corrected chi connectivity index (χ2v) is 5.58. The SMILES string of the molecule is O=C(Nc1ccc(Nc2cccc(Cl)c2Cl)nn1)C1CC1. The van der Waals surface area contributed by atoms with Crippen LogP contribution in [0.15, 0.2) is 30.3 Å². The van der Waals surface area contributed by atoms with Crippen LogP contribution in [-0.2, 0) is 4.79 Å². The number of halogens is 2. The highest BCUT2D eigenvalue weighted by Gasteiger charge is 2.29. The van der Waals surface area contributed by atoms with E-state index in [0.29, 0.717) is 27.4 Å². The highest BCUT2D eigenvalue weighted by Crippen LogP contribution is 2.31. The largest absolute Gasteiger partial charge is 0.337 e. The zero-order valence-electron chi connectivity index (χ0n) is 10.9. The summed E-state index contributed by atoms with van der Waals surface area (Å²) in [7, 11) is 0. The van der Waals surface area contributed by atoms with Crippen LogP contribution in [0, 0.1) is 5.92 Å². The molecule has 1 heterocycles. The Kier molecular flexibility index (Phi) is 3.94. The lowest BCUT2D eigenvalue weighted by molar-refractivity contribution is -0.117. The molecule has 108 valence electrons. The Bertz CT molecular complexity index is 671. The maximum absolute atomic E-state index is 11.6. The molecular formula is C14H12Cl2N4O. The van der Waals surface area contributed by atoms with Gasteiger partial charge in [-0.1, -0.05) is 29.3 Å². The molecule has 0 atom stereocenters. The van der Waals surface area contributed by atoms with Gasteiger partial charge in [0.2, 0.25) is 5.91 Å². The van der Waals surface area contributed by atoms with Crippen LogP contribution in [0.3, 0.4) is 0 Å². The molecule has 3 rings (SSSR count). The van der Waals surface area contributed by atoms with E-state index in [9.17, 15) is 4.79 Å². The topological polar surface area (TPSA) is 66.9 Å². The maximum Gasteiger partial charge on any atom is 0.228 e. The van der Waals surface area contributed by atoms with Crippen molar-refractivity contribution in [3.05, 3.63) is 40.4 Å². The maximum atomic E-state index is 11.6. The van der Waals surface area contributed by atoms with E-state index >= 15 is 0 Å². The first-order valence-corrected chi connectivity index (χ1v) is 7.25. The van der Waals surface area contributed by atoms with Crippen LogP contribution >= 0.6 is 23.2 Å². The number of hydrogen-bond acceptors (Lipinski definition) is 4. The molecule has 0 aliphatic heterocycles.